The van der Waals surface area contributed by atoms with Gasteiger partial charge in [0.25, 0.3) is 0 Å². The molecule has 4 rings (SSSR count). The molecule has 1 aliphatic rings. The molecule has 0 aromatic heterocycles. The summed E-state index contributed by atoms with van der Waals surface area (Å²) in [6, 6.07) is 30.7. The van der Waals surface area contributed by atoms with E-state index < -0.39 is 0 Å². The number of rotatable bonds is 6. The van der Waals surface area contributed by atoms with E-state index in [9.17, 15) is 4.79 Å². The smallest absolute Gasteiger partial charge is 0.336 e. The van der Waals surface area contributed by atoms with Gasteiger partial charge in [-0.05, 0) is 42.2 Å². The van der Waals surface area contributed by atoms with Crippen molar-refractivity contribution in [1.29, 1.82) is 0 Å². The van der Waals surface area contributed by atoms with Crippen molar-refractivity contribution in [3.05, 3.63) is 131 Å². The fourth-order valence-corrected chi connectivity index (χ4v) is 4.23. The van der Waals surface area contributed by atoms with Crippen LogP contribution in [-0.4, -0.2) is 17.5 Å². The minimum atomic E-state index is -0.270. The van der Waals surface area contributed by atoms with Crippen molar-refractivity contribution in [2.75, 3.05) is 6.61 Å². The highest BCUT2D eigenvalue weighted by Gasteiger charge is 2.35. The number of esters is 1. The summed E-state index contributed by atoms with van der Waals surface area (Å²) in [6.07, 6.45) is 4.12. The molecule has 0 bridgehead atoms. The molecule has 1 atom stereocenters. The summed E-state index contributed by atoms with van der Waals surface area (Å²) in [5.41, 5.74) is 5.08. The number of hydrogen-bond donors (Lipinski definition) is 0. The topological polar surface area (TPSA) is 29.5 Å². The van der Waals surface area contributed by atoms with Crippen LogP contribution in [0.2, 0.25) is 0 Å². The van der Waals surface area contributed by atoms with Crippen molar-refractivity contribution in [3.63, 3.8) is 0 Å². The van der Waals surface area contributed by atoms with Crippen LogP contribution in [0.15, 0.2) is 114 Å². The van der Waals surface area contributed by atoms with Gasteiger partial charge in [-0.25, -0.2) is 4.79 Å². The lowest BCUT2D eigenvalue weighted by molar-refractivity contribution is -0.139. The summed E-state index contributed by atoms with van der Waals surface area (Å²) in [5.74, 6) is -0.270. The molecule has 3 heteroatoms. The van der Waals surface area contributed by atoms with E-state index in [2.05, 4.69) is 71.8 Å². The zero-order valence-electron chi connectivity index (χ0n) is 17.9. The van der Waals surface area contributed by atoms with Gasteiger partial charge in [0, 0.05) is 6.20 Å². The predicted molar refractivity (Wildman–Crippen MR) is 124 cm³/mol. The van der Waals surface area contributed by atoms with Crippen LogP contribution >= 0.6 is 0 Å². The molecule has 0 radical (unpaired) electrons. The van der Waals surface area contributed by atoms with E-state index in [0.717, 1.165) is 11.1 Å². The number of carbonyl (C=O) groups excluding carboxylic acids is 1. The van der Waals surface area contributed by atoms with E-state index in [-0.39, 0.29) is 18.1 Å². The number of hydrogen-bond acceptors (Lipinski definition) is 3. The first-order chi connectivity index (χ1) is 15.2. The average Bonchev–Trinajstić information content (AvgIpc) is 2.81. The Hall–Kier alpha value is -3.59. The standard InChI is InChI=1S/C28H27NO2/c1-3-31-28(30)25-19-21(2)20-29(27(25)24-17-11-6-12-18-24)26(22-13-7-4-8-14-22)23-15-9-5-10-16-23/h4-20,26-27H,3H2,1-2H3/t27-/m0/s1. The third-order valence-electron chi connectivity index (χ3n) is 5.48. The third kappa shape index (κ3) is 4.46. The number of benzene rings is 3. The van der Waals surface area contributed by atoms with Gasteiger partial charge in [0.2, 0.25) is 0 Å². The van der Waals surface area contributed by atoms with Crippen molar-refractivity contribution < 1.29 is 9.53 Å². The van der Waals surface area contributed by atoms with Gasteiger partial charge in [-0.3, -0.25) is 0 Å². The van der Waals surface area contributed by atoms with Crippen LogP contribution in [0.5, 0.6) is 0 Å². The molecular weight excluding hydrogens is 382 g/mol. The number of nitrogens with zero attached hydrogens (tertiary/aromatic N) is 1. The molecule has 0 fully saturated rings. The molecule has 0 N–H and O–H groups in total. The van der Waals surface area contributed by atoms with Crippen LogP contribution in [-0.2, 0) is 9.53 Å². The molecule has 0 aliphatic carbocycles. The molecule has 0 saturated heterocycles. The minimum absolute atomic E-state index is 0.0549. The van der Waals surface area contributed by atoms with E-state index in [1.807, 2.05) is 50.3 Å². The van der Waals surface area contributed by atoms with E-state index in [0.29, 0.717) is 12.2 Å². The Morgan fingerprint density at radius 1 is 0.871 bits per heavy atom. The first-order valence-corrected chi connectivity index (χ1v) is 10.7. The summed E-state index contributed by atoms with van der Waals surface area (Å²) >= 11 is 0. The fraction of sp³-hybridized carbons (Fsp3) is 0.179. The molecule has 156 valence electrons. The minimum Gasteiger partial charge on any atom is -0.463 e. The lowest BCUT2D eigenvalue weighted by Gasteiger charge is -2.41. The van der Waals surface area contributed by atoms with Gasteiger partial charge in [-0.1, -0.05) is 91.0 Å². The first kappa shape index (κ1) is 20.7. The van der Waals surface area contributed by atoms with Crippen LogP contribution < -0.4 is 0 Å². The zero-order valence-corrected chi connectivity index (χ0v) is 17.9. The predicted octanol–water partition coefficient (Wildman–Crippen LogP) is 6.23. The summed E-state index contributed by atoms with van der Waals surface area (Å²) < 4.78 is 5.46. The fourth-order valence-electron chi connectivity index (χ4n) is 4.23. The van der Waals surface area contributed by atoms with Gasteiger partial charge in [0.15, 0.2) is 0 Å². The number of carbonyl (C=O) groups is 1. The lowest BCUT2D eigenvalue weighted by atomic mass is 9.88. The molecule has 3 nitrogen and oxygen atoms in total. The van der Waals surface area contributed by atoms with Crippen molar-refractivity contribution in [2.45, 2.75) is 25.9 Å². The van der Waals surface area contributed by atoms with E-state index in [1.54, 1.807) is 0 Å². The molecule has 0 spiro atoms. The van der Waals surface area contributed by atoms with Crippen LogP contribution in [0, 0.1) is 0 Å². The Bertz CT molecular complexity index is 1030. The van der Waals surface area contributed by atoms with Crippen molar-refractivity contribution >= 4 is 5.97 Å². The summed E-state index contributed by atoms with van der Waals surface area (Å²) in [4.78, 5) is 15.3. The highest BCUT2D eigenvalue weighted by atomic mass is 16.5. The second kappa shape index (κ2) is 9.48. The van der Waals surface area contributed by atoms with E-state index in [4.69, 9.17) is 4.74 Å². The molecule has 31 heavy (non-hydrogen) atoms. The highest BCUT2D eigenvalue weighted by molar-refractivity contribution is 5.91. The molecular formula is C28H27NO2. The Balaban J connectivity index is 1.90. The lowest BCUT2D eigenvalue weighted by Crippen LogP contribution is -2.35. The van der Waals surface area contributed by atoms with Crippen LogP contribution in [0.4, 0.5) is 0 Å². The zero-order chi connectivity index (χ0) is 21.6. The van der Waals surface area contributed by atoms with Gasteiger partial charge in [0.1, 0.15) is 0 Å². The molecule has 0 amide bonds. The molecule has 1 aliphatic heterocycles. The molecule has 0 unspecified atom stereocenters. The maximum absolute atomic E-state index is 13.0. The second-order valence-electron chi connectivity index (χ2n) is 7.68. The van der Waals surface area contributed by atoms with Crippen LogP contribution in [0.3, 0.4) is 0 Å². The van der Waals surface area contributed by atoms with Gasteiger partial charge < -0.3 is 9.64 Å². The Labute approximate surface area is 184 Å². The largest absolute Gasteiger partial charge is 0.463 e. The van der Waals surface area contributed by atoms with Crippen molar-refractivity contribution in [3.8, 4) is 0 Å². The second-order valence-corrected chi connectivity index (χ2v) is 7.68. The maximum atomic E-state index is 13.0. The summed E-state index contributed by atoms with van der Waals surface area (Å²) in [7, 11) is 0. The van der Waals surface area contributed by atoms with Gasteiger partial charge in [-0.15, -0.1) is 0 Å². The molecule has 3 aromatic carbocycles. The van der Waals surface area contributed by atoms with E-state index in [1.165, 1.54) is 11.1 Å². The monoisotopic (exact) mass is 409 g/mol. The summed E-state index contributed by atoms with van der Waals surface area (Å²) in [6.45, 7) is 4.22. The average molecular weight is 410 g/mol. The number of allylic oxidation sites excluding steroid dienone is 2. The van der Waals surface area contributed by atoms with E-state index >= 15 is 0 Å². The number of ether oxygens (including phenoxy) is 1. The SMILES string of the molecule is CCOC(=O)C1=CC(C)=CN(C(c2ccccc2)c2ccccc2)[C@H]1c1ccccc1. The Kier molecular flexibility index (Phi) is 6.32. The normalized spacial score (nSPS) is 16.0. The molecule has 0 saturated carbocycles. The summed E-state index contributed by atoms with van der Waals surface area (Å²) in [5, 5.41) is 0. The quantitative estimate of drug-likeness (QED) is 0.452. The van der Waals surface area contributed by atoms with Crippen LogP contribution in [0.1, 0.15) is 42.6 Å². The van der Waals surface area contributed by atoms with Gasteiger partial charge >= 0.3 is 5.97 Å². The van der Waals surface area contributed by atoms with Gasteiger partial charge in [0.05, 0.1) is 24.3 Å². The Morgan fingerprint density at radius 2 is 1.39 bits per heavy atom. The highest BCUT2D eigenvalue weighted by Crippen LogP contribution is 2.42. The maximum Gasteiger partial charge on any atom is 0.336 e. The third-order valence-corrected chi connectivity index (χ3v) is 5.48. The van der Waals surface area contributed by atoms with Crippen molar-refractivity contribution in [2.24, 2.45) is 0 Å². The van der Waals surface area contributed by atoms with Gasteiger partial charge in [-0.2, -0.15) is 0 Å². The molecule has 1 heterocycles. The van der Waals surface area contributed by atoms with Crippen LogP contribution in [0.25, 0.3) is 0 Å². The Morgan fingerprint density at radius 3 is 1.90 bits per heavy atom. The first-order valence-electron chi connectivity index (χ1n) is 10.7. The molecule has 3 aromatic rings. The van der Waals surface area contributed by atoms with Crippen molar-refractivity contribution in [1.82, 2.24) is 4.90 Å².